The van der Waals surface area contributed by atoms with E-state index in [1.807, 2.05) is 26.0 Å². The fourth-order valence-corrected chi connectivity index (χ4v) is 1.83. The minimum Gasteiger partial charge on any atom is -0.481 e. The molecule has 2 aromatic heterocycles. The molecule has 1 atom stereocenters. The normalized spacial score (nSPS) is 12.3. The first-order valence-corrected chi connectivity index (χ1v) is 6.04. The van der Waals surface area contributed by atoms with Crippen LogP contribution in [0.15, 0.2) is 18.3 Å². The highest BCUT2D eigenvalue weighted by Crippen LogP contribution is 2.22. The molecule has 2 heterocycles. The van der Waals surface area contributed by atoms with Crippen LogP contribution in [-0.4, -0.2) is 36.3 Å². The fraction of sp³-hybridized carbons (Fsp3) is 0.417. The molecule has 0 saturated heterocycles. The van der Waals surface area contributed by atoms with Crippen molar-refractivity contribution < 1.29 is 9.90 Å². The lowest BCUT2D eigenvalue weighted by Crippen LogP contribution is -2.15. The van der Waals surface area contributed by atoms with E-state index >= 15 is 0 Å². The summed E-state index contributed by atoms with van der Waals surface area (Å²) >= 11 is 0. The van der Waals surface area contributed by atoms with Crippen LogP contribution < -0.4 is 0 Å². The number of aromatic nitrogens is 5. The van der Waals surface area contributed by atoms with Crippen LogP contribution in [0.3, 0.4) is 0 Å². The van der Waals surface area contributed by atoms with Crippen molar-refractivity contribution in [2.45, 2.75) is 32.7 Å². The monoisotopic (exact) mass is 261 g/mol. The number of carbonyl (C=O) groups is 1. The second kappa shape index (κ2) is 5.55. The van der Waals surface area contributed by atoms with Crippen LogP contribution in [0.25, 0.3) is 11.4 Å². The first-order chi connectivity index (χ1) is 9.11. The van der Waals surface area contributed by atoms with E-state index in [1.165, 1.54) is 0 Å². The van der Waals surface area contributed by atoms with Crippen molar-refractivity contribution in [3.05, 3.63) is 24.0 Å². The van der Waals surface area contributed by atoms with Gasteiger partial charge in [0.1, 0.15) is 0 Å². The largest absolute Gasteiger partial charge is 0.481 e. The zero-order valence-corrected chi connectivity index (χ0v) is 10.8. The van der Waals surface area contributed by atoms with Crippen molar-refractivity contribution in [1.29, 1.82) is 0 Å². The van der Waals surface area contributed by atoms with Crippen LogP contribution in [0.1, 0.15) is 31.5 Å². The van der Waals surface area contributed by atoms with Crippen molar-refractivity contribution in [2.75, 3.05) is 0 Å². The maximum atomic E-state index is 10.9. The van der Waals surface area contributed by atoms with Crippen LogP contribution in [0.5, 0.6) is 0 Å². The summed E-state index contributed by atoms with van der Waals surface area (Å²) in [6.45, 7) is 3.80. The van der Waals surface area contributed by atoms with Gasteiger partial charge in [-0.3, -0.25) is 9.78 Å². The number of pyridine rings is 1. The highest BCUT2D eigenvalue weighted by Gasteiger charge is 2.19. The molecule has 0 radical (unpaired) electrons. The number of rotatable bonds is 5. The summed E-state index contributed by atoms with van der Waals surface area (Å²) in [4.78, 5) is 15.1. The summed E-state index contributed by atoms with van der Waals surface area (Å²) in [6.07, 6.45) is 2.32. The fourth-order valence-electron chi connectivity index (χ4n) is 1.83. The molecule has 0 aromatic carbocycles. The molecular formula is C12H15N5O2. The molecular weight excluding hydrogens is 246 g/mol. The van der Waals surface area contributed by atoms with E-state index in [9.17, 15) is 4.79 Å². The summed E-state index contributed by atoms with van der Waals surface area (Å²) in [5.41, 5.74) is 1.68. The zero-order chi connectivity index (χ0) is 13.8. The van der Waals surface area contributed by atoms with E-state index in [0.717, 1.165) is 11.3 Å². The number of hydrogen-bond donors (Lipinski definition) is 1. The molecule has 7 nitrogen and oxygen atoms in total. The molecule has 2 rings (SSSR count). The van der Waals surface area contributed by atoms with E-state index in [4.69, 9.17) is 5.11 Å². The number of tetrazole rings is 1. The molecule has 0 aliphatic carbocycles. The maximum Gasteiger partial charge on any atom is 0.305 e. The Morgan fingerprint density at radius 1 is 1.47 bits per heavy atom. The first-order valence-electron chi connectivity index (χ1n) is 6.04. The molecule has 1 unspecified atom stereocenters. The molecule has 2 aromatic rings. The third-order valence-corrected chi connectivity index (χ3v) is 2.89. The standard InChI is InChI=1S/C12H15N5O2/c1-3-10(6-11(18)19)17-12(14-15-16-17)9-5-4-8(2)13-7-9/h4-5,7,10H,3,6H2,1-2H3,(H,18,19). The molecule has 0 saturated carbocycles. The molecule has 0 bridgehead atoms. The molecule has 100 valence electrons. The lowest BCUT2D eigenvalue weighted by Gasteiger charge is -2.14. The predicted octanol–water partition coefficient (Wildman–Crippen LogP) is 1.47. The Hall–Kier alpha value is -2.31. The number of carboxylic acids is 1. The second-order valence-corrected chi connectivity index (χ2v) is 4.30. The van der Waals surface area contributed by atoms with Crippen LogP contribution in [-0.2, 0) is 4.79 Å². The van der Waals surface area contributed by atoms with Crippen molar-refractivity contribution >= 4 is 5.97 Å². The summed E-state index contributed by atoms with van der Waals surface area (Å²) in [6, 6.07) is 3.48. The van der Waals surface area contributed by atoms with Crippen LogP contribution in [0.4, 0.5) is 0 Å². The topological polar surface area (TPSA) is 93.8 Å². The number of aryl methyl sites for hydroxylation is 1. The molecule has 7 heteroatoms. The van der Waals surface area contributed by atoms with Crippen molar-refractivity contribution in [1.82, 2.24) is 25.2 Å². The summed E-state index contributed by atoms with van der Waals surface area (Å²) in [5.74, 6) is -0.323. The average Bonchev–Trinajstić information content (AvgIpc) is 2.85. The van der Waals surface area contributed by atoms with E-state index < -0.39 is 5.97 Å². The van der Waals surface area contributed by atoms with Crippen molar-refractivity contribution in [3.63, 3.8) is 0 Å². The molecule has 0 aliphatic heterocycles. The number of carboxylic acid groups (broad SMARTS) is 1. The van der Waals surface area contributed by atoms with Crippen LogP contribution >= 0.6 is 0 Å². The summed E-state index contributed by atoms with van der Waals surface area (Å²) in [5, 5.41) is 20.4. The molecule has 0 aliphatic rings. The van der Waals surface area contributed by atoms with Gasteiger partial charge in [-0.1, -0.05) is 6.92 Å². The third-order valence-electron chi connectivity index (χ3n) is 2.89. The molecule has 0 fully saturated rings. The Kier molecular flexibility index (Phi) is 3.84. The number of aliphatic carboxylic acids is 1. The quantitative estimate of drug-likeness (QED) is 0.875. The lowest BCUT2D eigenvalue weighted by molar-refractivity contribution is -0.138. The van der Waals surface area contributed by atoms with Gasteiger partial charge in [0.2, 0.25) is 0 Å². The van der Waals surface area contributed by atoms with Gasteiger partial charge >= 0.3 is 5.97 Å². The van der Waals surface area contributed by atoms with Gasteiger partial charge in [-0.15, -0.1) is 5.10 Å². The highest BCUT2D eigenvalue weighted by atomic mass is 16.4. The maximum absolute atomic E-state index is 10.9. The molecule has 0 amide bonds. The zero-order valence-electron chi connectivity index (χ0n) is 10.8. The van der Waals surface area contributed by atoms with Gasteiger partial charge in [0.05, 0.1) is 12.5 Å². The minimum atomic E-state index is -0.865. The van der Waals surface area contributed by atoms with Crippen molar-refractivity contribution in [3.8, 4) is 11.4 Å². The van der Waals surface area contributed by atoms with Gasteiger partial charge in [0.15, 0.2) is 5.82 Å². The molecule has 1 N–H and O–H groups in total. The van der Waals surface area contributed by atoms with E-state index in [1.54, 1.807) is 10.9 Å². The second-order valence-electron chi connectivity index (χ2n) is 4.30. The van der Waals surface area contributed by atoms with Gasteiger partial charge < -0.3 is 5.11 Å². The van der Waals surface area contributed by atoms with Gasteiger partial charge in [-0.05, 0) is 35.9 Å². The van der Waals surface area contributed by atoms with Crippen LogP contribution in [0, 0.1) is 6.92 Å². The Morgan fingerprint density at radius 3 is 2.84 bits per heavy atom. The van der Waals surface area contributed by atoms with Crippen LogP contribution in [0.2, 0.25) is 0 Å². The molecule has 0 spiro atoms. The van der Waals surface area contributed by atoms with Crippen molar-refractivity contribution in [2.24, 2.45) is 0 Å². The minimum absolute atomic E-state index is 0.00612. The third kappa shape index (κ3) is 2.93. The smallest absolute Gasteiger partial charge is 0.305 e. The SMILES string of the molecule is CCC(CC(=O)O)n1nnnc1-c1ccc(C)nc1. The van der Waals surface area contributed by atoms with Gasteiger partial charge in [-0.25, -0.2) is 4.68 Å². The Morgan fingerprint density at radius 2 is 2.26 bits per heavy atom. The van der Waals surface area contributed by atoms with E-state index in [-0.39, 0.29) is 12.5 Å². The average molecular weight is 261 g/mol. The van der Waals surface area contributed by atoms with Gasteiger partial charge in [0, 0.05) is 17.5 Å². The highest BCUT2D eigenvalue weighted by molar-refractivity contribution is 5.67. The van der Waals surface area contributed by atoms with E-state index in [2.05, 4.69) is 20.5 Å². The summed E-state index contributed by atoms with van der Waals surface area (Å²) < 4.78 is 1.56. The predicted molar refractivity (Wildman–Crippen MR) is 67.4 cm³/mol. The van der Waals surface area contributed by atoms with Gasteiger partial charge in [0.25, 0.3) is 0 Å². The number of hydrogen-bond acceptors (Lipinski definition) is 5. The number of nitrogens with zero attached hydrogens (tertiary/aromatic N) is 5. The Balaban J connectivity index is 2.35. The molecule has 19 heavy (non-hydrogen) atoms. The summed E-state index contributed by atoms with van der Waals surface area (Å²) in [7, 11) is 0. The van der Waals surface area contributed by atoms with Gasteiger partial charge in [-0.2, -0.15) is 0 Å². The van der Waals surface area contributed by atoms with E-state index in [0.29, 0.717) is 12.2 Å². The Bertz CT molecular complexity index is 564. The lowest BCUT2D eigenvalue weighted by atomic mass is 10.1. The first kappa shape index (κ1) is 13.1. The Labute approximate surface area is 110 Å².